The van der Waals surface area contributed by atoms with E-state index in [4.69, 9.17) is 10.2 Å². The highest BCUT2D eigenvalue weighted by atomic mass is 32.2. The molecule has 0 aliphatic rings. The van der Waals surface area contributed by atoms with Crippen LogP contribution in [0.25, 0.3) is 0 Å². The third kappa shape index (κ3) is 4.57. The number of anilines is 1. The van der Waals surface area contributed by atoms with Gasteiger partial charge in [-0.1, -0.05) is 18.2 Å². The highest BCUT2D eigenvalue weighted by molar-refractivity contribution is 7.92. The first-order chi connectivity index (χ1) is 11.8. The Morgan fingerprint density at radius 1 is 0.920 bits per heavy atom. The minimum Gasteiger partial charge on any atom is -0.481 e. The summed E-state index contributed by atoms with van der Waals surface area (Å²) >= 11 is 0. The van der Waals surface area contributed by atoms with E-state index in [0.717, 1.165) is 4.31 Å². The molecule has 2 rings (SSSR count). The van der Waals surface area contributed by atoms with Crippen LogP contribution in [0.15, 0.2) is 59.5 Å². The van der Waals surface area contributed by atoms with Gasteiger partial charge < -0.3 is 10.2 Å². The summed E-state index contributed by atoms with van der Waals surface area (Å²) in [6, 6.07) is 13.2. The van der Waals surface area contributed by atoms with Crippen LogP contribution >= 0.6 is 0 Å². The van der Waals surface area contributed by atoms with Crippen molar-refractivity contribution < 1.29 is 28.2 Å². The van der Waals surface area contributed by atoms with E-state index in [1.54, 1.807) is 18.2 Å². The second-order valence-electron chi connectivity index (χ2n) is 5.24. The molecule has 0 radical (unpaired) electrons. The molecule has 0 spiro atoms. The van der Waals surface area contributed by atoms with Crippen LogP contribution in [0.1, 0.15) is 23.2 Å². The lowest BCUT2D eigenvalue weighted by molar-refractivity contribution is -0.137. The van der Waals surface area contributed by atoms with Gasteiger partial charge in [-0.2, -0.15) is 0 Å². The third-order valence-corrected chi connectivity index (χ3v) is 5.33. The van der Waals surface area contributed by atoms with Crippen molar-refractivity contribution in [3.05, 3.63) is 60.2 Å². The molecule has 2 aromatic carbocycles. The molecule has 0 atom stereocenters. The van der Waals surface area contributed by atoms with Crippen molar-refractivity contribution in [2.45, 2.75) is 17.7 Å². The van der Waals surface area contributed by atoms with Crippen LogP contribution in [0.3, 0.4) is 0 Å². The highest BCUT2D eigenvalue weighted by Crippen LogP contribution is 2.24. The minimum atomic E-state index is -3.89. The molecule has 25 heavy (non-hydrogen) atoms. The Hall–Kier alpha value is -2.87. The molecule has 0 unspecified atom stereocenters. The van der Waals surface area contributed by atoms with E-state index >= 15 is 0 Å². The number of aromatic carboxylic acids is 1. The maximum atomic E-state index is 12.9. The first-order valence-electron chi connectivity index (χ1n) is 7.45. The molecule has 0 heterocycles. The van der Waals surface area contributed by atoms with Crippen LogP contribution < -0.4 is 4.31 Å². The number of carbonyl (C=O) groups is 2. The lowest BCUT2D eigenvalue weighted by atomic mass is 10.2. The number of rotatable bonds is 8. The molecule has 7 nitrogen and oxygen atoms in total. The zero-order valence-corrected chi connectivity index (χ0v) is 14.0. The summed E-state index contributed by atoms with van der Waals surface area (Å²) < 4.78 is 26.9. The summed E-state index contributed by atoms with van der Waals surface area (Å²) in [7, 11) is -3.89. The zero-order chi connectivity index (χ0) is 18.4. The van der Waals surface area contributed by atoms with Gasteiger partial charge in [-0.3, -0.25) is 9.10 Å². The maximum Gasteiger partial charge on any atom is 0.335 e. The quantitative estimate of drug-likeness (QED) is 0.745. The van der Waals surface area contributed by atoms with Crippen molar-refractivity contribution in [2.24, 2.45) is 0 Å². The van der Waals surface area contributed by atoms with Crippen LogP contribution in [-0.2, 0) is 14.8 Å². The third-order valence-electron chi connectivity index (χ3n) is 3.49. The molecule has 0 aliphatic carbocycles. The molecule has 0 bridgehead atoms. The Bertz CT molecular complexity index is 846. The van der Waals surface area contributed by atoms with Crippen molar-refractivity contribution in [3.63, 3.8) is 0 Å². The normalized spacial score (nSPS) is 11.0. The van der Waals surface area contributed by atoms with Crippen molar-refractivity contribution >= 4 is 27.6 Å². The van der Waals surface area contributed by atoms with Gasteiger partial charge in [-0.15, -0.1) is 0 Å². The molecular formula is C17H17NO6S. The SMILES string of the molecule is O=C(O)CCCN(c1ccc(C(=O)O)cc1)S(=O)(=O)c1ccccc1. The Morgan fingerprint density at radius 2 is 1.52 bits per heavy atom. The first-order valence-corrected chi connectivity index (χ1v) is 8.89. The van der Waals surface area contributed by atoms with Crippen LogP contribution in [0, 0.1) is 0 Å². The van der Waals surface area contributed by atoms with Gasteiger partial charge in [0.2, 0.25) is 0 Å². The van der Waals surface area contributed by atoms with Gasteiger partial charge in [0.1, 0.15) is 0 Å². The minimum absolute atomic E-state index is 0.0318. The van der Waals surface area contributed by atoms with Crippen molar-refractivity contribution in [3.8, 4) is 0 Å². The van der Waals surface area contributed by atoms with Gasteiger partial charge in [-0.25, -0.2) is 13.2 Å². The maximum absolute atomic E-state index is 12.9. The first kappa shape index (κ1) is 18.5. The van der Waals surface area contributed by atoms with Crippen molar-refractivity contribution in [1.82, 2.24) is 0 Å². The molecule has 0 aromatic heterocycles. The average molecular weight is 363 g/mol. The second kappa shape index (κ2) is 7.80. The van der Waals surface area contributed by atoms with Crippen molar-refractivity contribution in [1.29, 1.82) is 0 Å². The molecule has 0 fully saturated rings. The summed E-state index contributed by atoms with van der Waals surface area (Å²) in [6.07, 6.45) is -0.0455. The van der Waals surface area contributed by atoms with Gasteiger partial charge in [0.15, 0.2) is 0 Å². The fourth-order valence-electron chi connectivity index (χ4n) is 2.25. The van der Waals surface area contributed by atoms with Crippen LogP contribution in [0.2, 0.25) is 0 Å². The van der Waals surface area contributed by atoms with Gasteiger partial charge in [-0.05, 0) is 42.8 Å². The number of hydrogen-bond acceptors (Lipinski definition) is 4. The molecule has 132 valence electrons. The lowest BCUT2D eigenvalue weighted by Gasteiger charge is -2.24. The van der Waals surface area contributed by atoms with Crippen LogP contribution in [-0.4, -0.2) is 37.1 Å². The number of hydrogen-bond donors (Lipinski definition) is 2. The van der Waals surface area contributed by atoms with Gasteiger partial charge in [0.25, 0.3) is 10.0 Å². The molecule has 0 saturated heterocycles. The Morgan fingerprint density at radius 3 is 2.04 bits per heavy atom. The van der Waals surface area contributed by atoms with E-state index in [0.29, 0.717) is 0 Å². The van der Waals surface area contributed by atoms with Gasteiger partial charge in [0, 0.05) is 13.0 Å². The Kier molecular flexibility index (Phi) is 5.76. The van der Waals surface area contributed by atoms with Gasteiger partial charge >= 0.3 is 11.9 Å². The zero-order valence-electron chi connectivity index (χ0n) is 13.2. The van der Waals surface area contributed by atoms with Gasteiger partial charge in [0.05, 0.1) is 16.1 Å². The Labute approximate surface area is 145 Å². The smallest absolute Gasteiger partial charge is 0.335 e. The molecule has 0 saturated carbocycles. The topological polar surface area (TPSA) is 112 Å². The van der Waals surface area contributed by atoms with E-state index in [9.17, 15) is 18.0 Å². The van der Waals surface area contributed by atoms with Crippen LogP contribution in [0.4, 0.5) is 5.69 Å². The second-order valence-corrected chi connectivity index (χ2v) is 7.10. The molecule has 2 aromatic rings. The van der Waals surface area contributed by atoms with Crippen LogP contribution in [0.5, 0.6) is 0 Å². The van der Waals surface area contributed by atoms with E-state index < -0.39 is 22.0 Å². The lowest BCUT2D eigenvalue weighted by Crippen LogP contribution is -2.32. The van der Waals surface area contributed by atoms with E-state index in [1.165, 1.54) is 36.4 Å². The summed E-state index contributed by atoms with van der Waals surface area (Å²) in [5.74, 6) is -2.13. The summed E-state index contributed by atoms with van der Waals surface area (Å²) in [6.45, 7) is -0.0318. The predicted octanol–water partition coefficient (Wildman–Crippen LogP) is 2.44. The summed E-state index contributed by atoms with van der Waals surface area (Å²) in [5, 5.41) is 17.7. The Balaban J connectivity index is 2.38. The monoisotopic (exact) mass is 363 g/mol. The largest absolute Gasteiger partial charge is 0.481 e. The number of sulfonamides is 1. The van der Waals surface area contributed by atoms with E-state index in [2.05, 4.69) is 0 Å². The number of nitrogens with zero attached hydrogens (tertiary/aromatic N) is 1. The van der Waals surface area contributed by atoms with Crippen molar-refractivity contribution in [2.75, 3.05) is 10.8 Å². The number of aliphatic carboxylic acids is 1. The average Bonchev–Trinajstić information content (AvgIpc) is 2.59. The fraction of sp³-hybridized carbons (Fsp3) is 0.176. The summed E-state index contributed by atoms with van der Waals surface area (Å²) in [4.78, 5) is 21.8. The standard InChI is InChI=1S/C17H17NO6S/c19-16(20)7-4-12-18(14-10-8-13(9-11-14)17(21)22)25(23,24)15-5-2-1-3-6-15/h1-3,5-6,8-11H,4,7,12H2,(H,19,20)(H,21,22). The molecule has 2 N–H and O–H groups in total. The fourth-order valence-corrected chi connectivity index (χ4v) is 3.78. The predicted molar refractivity (Wildman–Crippen MR) is 91.2 cm³/mol. The molecule has 0 aliphatic heterocycles. The molecule has 8 heteroatoms. The molecular weight excluding hydrogens is 346 g/mol. The molecule has 0 amide bonds. The van der Waals surface area contributed by atoms with E-state index in [-0.39, 0.29) is 35.5 Å². The number of carboxylic acids is 2. The summed E-state index contributed by atoms with van der Waals surface area (Å²) in [5.41, 5.74) is 0.311. The highest BCUT2D eigenvalue weighted by Gasteiger charge is 2.24. The number of carboxylic acid groups (broad SMARTS) is 2. The number of benzene rings is 2. The van der Waals surface area contributed by atoms with E-state index in [1.807, 2.05) is 0 Å².